The number of hydrogen-bond donors (Lipinski definition) is 1. The predicted molar refractivity (Wildman–Crippen MR) is 79.7 cm³/mol. The van der Waals surface area contributed by atoms with Crippen molar-refractivity contribution < 1.29 is 0 Å². The molecule has 1 aliphatic carbocycles. The van der Waals surface area contributed by atoms with Gasteiger partial charge in [-0.3, -0.25) is 0 Å². The highest BCUT2D eigenvalue weighted by Crippen LogP contribution is 2.23. The van der Waals surface area contributed by atoms with Crippen molar-refractivity contribution in [1.82, 2.24) is 9.97 Å². The Balaban J connectivity index is 1.71. The number of rotatable bonds is 3. The third kappa shape index (κ3) is 2.89. The van der Waals surface area contributed by atoms with Crippen molar-refractivity contribution in [3.8, 4) is 0 Å². The summed E-state index contributed by atoms with van der Waals surface area (Å²) in [7, 11) is 0. The van der Waals surface area contributed by atoms with E-state index in [2.05, 4.69) is 39.6 Å². The average molecular weight is 271 g/mol. The lowest BCUT2D eigenvalue weighted by atomic mass is 9.88. The van der Waals surface area contributed by atoms with E-state index < -0.39 is 0 Å². The van der Waals surface area contributed by atoms with Gasteiger partial charge in [-0.05, 0) is 36.6 Å². The van der Waals surface area contributed by atoms with Gasteiger partial charge in [-0.25, -0.2) is 9.97 Å². The molecule has 0 spiro atoms. The summed E-state index contributed by atoms with van der Waals surface area (Å²) in [6.45, 7) is 0. The number of fused-ring (bicyclic) bond motifs is 1. The summed E-state index contributed by atoms with van der Waals surface area (Å²) in [4.78, 5) is 8.50. The van der Waals surface area contributed by atoms with Gasteiger partial charge in [0.1, 0.15) is 17.2 Å². The summed E-state index contributed by atoms with van der Waals surface area (Å²) in [5.74, 6) is 0.934. The minimum atomic E-state index is 0.472. The van der Waals surface area contributed by atoms with Crippen LogP contribution in [0.5, 0.6) is 0 Å². The summed E-state index contributed by atoms with van der Waals surface area (Å²) in [5, 5.41) is 4.54. The third-order valence-corrected chi connectivity index (χ3v) is 4.19. The number of aryl methyl sites for hydroxylation is 1. The van der Waals surface area contributed by atoms with E-state index in [9.17, 15) is 0 Å². The molecular weight excluding hydrogens is 254 g/mol. The second-order valence-corrected chi connectivity index (χ2v) is 5.62. The molecule has 1 atom stereocenters. The molecule has 3 nitrogen and oxygen atoms in total. The van der Waals surface area contributed by atoms with Gasteiger partial charge in [0.15, 0.2) is 0 Å². The Morgan fingerprint density at radius 2 is 2.05 bits per heavy atom. The molecule has 0 fully saturated rings. The maximum Gasteiger partial charge on any atom is 0.130 e. The Morgan fingerprint density at radius 3 is 2.89 bits per heavy atom. The standard InChI is InChI=1S/C15H17N3S/c1-19-15-9-14(16-10-17-15)18-13-7-6-11-4-2-3-5-12(11)8-13/h2-5,9-10,13H,6-8H2,1H3,(H,16,17,18). The minimum Gasteiger partial charge on any atom is -0.367 e. The average Bonchev–Trinajstić information content (AvgIpc) is 2.47. The highest BCUT2D eigenvalue weighted by Gasteiger charge is 2.18. The van der Waals surface area contributed by atoms with Crippen LogP contribution in [-0.2, 0) is 12.8 Å². The lowest BCUT2D eigenvalue weighted by molar-refractivity contribution is 0.608. The van der Waals surface area contributed by atoms with Gasteiger partial charge < -0.3 is 5.32 Å². The molecule has 0 aliphatic heterocycles. The molecule has 3 rings (SSSR count). The van der Waals surface area contributed by atoms with Gasteiger partial charge in [-0.1, -0.05) is 24.3 Å². The molecule has 0 bridgehead atoms. The quantitative estimate of drug-likeness (QED) is 0.687. The number of benzene rings is 1. The van der Waals surface area contributed by atoms with Gasteiger partial charge in [0.25, 0.3) is 0 Å². The van der Waals surface area contributed by atoms with E-state index in [1.165, 1.54) is 11.1 Å². The monoisotopic (exact) mass is 271 g/mol. The fourth-order valence-corrected chi connectivity index (χ4v) is 2.94. The summed E-state index contributed by atoms with van der Waals surface area (Å²) < 4.78 is 0. The smallest absolute Gasteiger partial charge is 0.130 e. The van der Waals surface area contributed by atoms with Crippen LogP contribution in [0.2, 0.25) is 0 Å². The van der Waals surface area contributed by atoms with Crippen molar-refractivity contribution in [3.05, 3.63) is 47.8 Å². The Kier molecular flexibility index (Phi) is 3.69. The van der Waals surface area contributed by atoms with E-state index in [-0.39, 0.29) is 0 Å². The van der Waals surface area contributed by atoms with Crippen molar-refractivity contribution >= 4 is 17.6 Å². The zero-order valence-corrected chi connectivity index (χ0v) is 11.8. The topological polar surface area (TPSA) is 37.8 Å². The fourth-order valence-electron chi connectivity index (χ4n) is 2.56. The molecule has 0 amide bonds. The van der Waals surface area contributed by atoms with Gasteiger partial charge in [0.05, 0.1) is 0 Å². The van der Waals surface area contributed by atoms with Gasteiger partial charge in [-0.15, -0.1) is 11.8 Å². The number of hydrogen-bond acceptors (Lipinski definition) is 4. The molecule has 1 heterocycles. The van der Waals surface area contributed by atoms with Crippen LogP contribution in [0.3, 0.4) is 0 Å². The van der Waals surface area contributed by atoms with Crippen LogP contribution in [0, 0.1) is 0 Å². The molecule has 0 saturated carbocycles. The van der Waals surface area contributed by atoms with E-state index >= 15 is 0 Å². The van der Waals surface area contributed by atoms with Gasteiger partial charge in [0, 0.05) is 12.1 Å². The maximum atomic E-state index is 4.30. The van der Waals surface area contributed by atoms with E-state index in [1.54, 1.807) is 18.1 Å². The molecule has 1 aromatic carbocycles. The van der Waals surface area contributed by atoms with Gasteiger partial charge in [-0.2, -0.15) is 0 Å². The largest absolute Gasteiger partial charge is 0.367 e. The summed E-state index contributed by atoms with van der Waals surface area (Å²) in [5.41, 5.74) is 2.96. The second-order valence-electron chi connectivity index (χ2n) is 4.80. The Hall–Kier alpha value is -1.55. The van der Waals surface area contributed by atoms with E-state index in [0.29, 0.717) is 6.04 Å². The molecule has 0 radical (unpaired) electrons. The molecule has 1 unspecified atom stereocenters. The number of nitrogens with zero attached hydrogens (tertiary/aromatic N) is 2. The van der Waals surface area contributed by atoms with Gasteiger partial charge >= 0.3 is 0 Å². The predicted octanol–water partition coefficient (Wildman–Crippen LogP) is 3.17. The van der Waals surface area contributed by atoms with Crippen LogP contribution in [0.25, 0.3) is 0 Å². The molecular formula is C15H17N3S. The SMILES string of the molecule is CSc1cc(NC2CCc3ccccc3C2)ncn1. The fraction of sp³-hybridized carbons (Fsp3) is 0.333. The van der Waals surface area contributed by atoms with Crippen LogP contribution in [0.15, 0.2) is 41.7 Å². The van der Waals surface area contributed by atoms with Crippen LogP contribution in [0.1, 0.15) is 17.5 Å². The molecule has 4 heteroatoms. The Bertz CT molecular complexity index is 571. The number of aromatic nitrogens is 2. The van der Waals surface area contributed by atoms with Crippen molar-refractivity contribution in [2.24, 2.45) is 0 Å². The molecule has 0 saturated heterocycles. The van der Waals surface area contributed by atoms with Crippen LogP contribution < -0.4 is 5.32 Å². The molecule has 1 N–H and O–H groups in total. The Morgan fingerprint density at radius 1 is 1.21 bits per heavy atom. The molecule has 2 aromatic rings. The van der Waals surface area contributed by atoms with Crippen LogP contribution in [0.4, 0.5) is 5.82 Å². The van der Waals surface area contributed by atoms with Gasteiger partial charge in [0.2, 0.25) is 0 Å². The zero-order chi connectivity index (χ0) is 13.1. The number of thioether (sulfide) groups is 1. The van der Waals surface area contributed by atoms with Crippen molar-refractivity contribution in [1.29, 1.82) is 0 Å². The molecule has 98 valence electrons. The van der Waals surface area contributed by atoms with Crippen LogP contribution >= 0.6 is 11.8 Å². The zero-order valence-electron chi connectivity index (χ0n) is 11.0. The van der Waals surface area contributed by atoms with Crippen molar-refractivity contribution in [2.75, 3.05) is 11.6 Å². The van der Waals surface area contributed by atoms with E-state index in [4.69, 9.17) is 0 Å². The Labute approximate surface area is 117 Å². The normalized spacial score (nSPS) is 17.8. The first kappa shape index (κ1) is 12.5. The van der Waals surface area contributed by atoms with E-state index in [0.717, 1.165) is 30.1 Å². The molecule has 1 aliphatic rings. The molecule has 1 aromatic heterocycles. The lowest BCUT2D eigenvalue weighted by Crippen LogP contribution is -2.27. The first-order valence-corrected chi connectivity index (χ1v) is 7.77. The highest BCUT2D eigenvalue weighted by molar-refractivity contribution is 7.98. The summed E-state index contributed by atoms with van der Waals surface area (Å²) in [6.07, 6.45) is 7.05. The lowest BCUT2D eigenvalue weighted by Gasteiger charge is -2.25. The number of nitrogens with one attached hydrogen (secondary N) is 1. The first-order valence-electron chi connectivity index (χ1n) is 6.54. The van der Waals surface area contributed by atoms with E-state index in [1.807, 2.05) is 12.3 Å². The van der Waals surface area contributed by atoms with Crippen molar-refractivity contribution in [2.45, 2.75) is 30.3 Å². The highest BCUT2D eigenvalue weighted by atomic mass is 32.2. The molecule has 19 heavy (non-hydrogen) atoms. The minimum absolute atomic E-state index is 0.472. The number of anilines is 1. The maximum absolute atomic E-state index is 4.30. The van der Waals surface area contributed by atoms with Crippen LogP contribution in [-0.4, -0.2) is 22.3 Å². The second kappa shape index (κ2) is 5.61. The summed E-state index contributed by atoms with van der Waals surface area (Å²) >= 11 is 1.64. The third-order valence-electron chi connectivity index (χ3n) is 3.55. The van der Waals surface area contributed by atoms with Crippen molar-refractivity contribution in [3.63, 3.8) is 0 Å². The summed E-state index contributed by atoms with van der Waals surface area (Å²) in [6, 6.07) is 11.2. The first-order chi connectivity index (χ1) is 9.35.